The summed E-state index contributed by atoms with van der Waals surface area (Å²) < 4.78 is 0. The minimum atomic E-state index is -0.162. The maximum Gasteiger partial charge on any atom is 0.236 e. The molecule has 6 nitrogen and oxygen atoms in total. The maximum atomic E-state index is 12.8. The molecule has 1 aliphatic rings. The van der Waals surface area contributed by atoms with Gasteiger partial charge in [-0.2, -0.15) is 0 Å². The fourth-order valence-electron chi connectivity index (χ4n) is 3.23. The van der Waals surface area contributed by atoms with E-state index in [4.69, 9.17) is 0 Å². The number of imidazole rings is 1. The maximum absolute atomic E-state index is 12.8. The van der Waals surface area contributed by atoms with Gasteiger partial charge in [0.05, 0.1) is 11.4 Å². The number of nitrogens with one attached hydrogen (secondary N) is 1. The molecule has 0 unspecified atom stereocenters. The van der Waals surface area contributed by atoms with Gasteiger partial charge in [-0.15, -0.1) is 0 Å². The van der Waals surface area contributed by atoms with E-state index in [0.29, 0.717) is 11.7 Å². The molecule has 0 saturated heterocycles. The van der Waals surface area contributed by atoms with Gasteiger partial charge in [-0.05, 0) is 26.7 Å². The van der Waals surface area contributed by atoms with E-state index in [-0.39, 0.29) is 11.2 Å². The van der Waals surface area contributed by atoms with Crippen molar-refractivity contribution in [2.24, 2.45) is 0 Å². The number of carbonyl (C=O) groups is 1. The summed E-state index contributed by atoms with van der Waals surface area (Å²) >= 11 is 1.46. The number of H-pyrrole nitrogens is 1. The van der Waals surface area contributed by atoms with E-state index in [1.165, 1.54) is 37.4 Å². The van der Waals surface area contributed by atoms with Crippen LogP contribution in [0.3, 0.4) is 0 Å². The molecular weight excluding hydrogens is 310 g/mol. The SMILES string of the molecule is CCN(C(=O)[C@H](C)Sc1nc2ncncc2[nH]1)C1CCCCC1. The zero-order valence-electron chi connectivity index (χ0n) is 13.7. The van der Waals surface area contributed by atoms with Crippen molar-refractivity contribution in [1.29, 1.82) is 0 Å². The number of rotatable bonds is 5. The van der Waals surface area contributed by atoms with Gasteiger partial charge in [-0.3, -0.25) is 4.79 Å². The van der Waals surface area contributed by atoms with Gasteiger partial charge in [-0.1, -0.05) is 31.0 Å². The molecule has 0 bridgehead atoms. The van der Waals surface area contributed by atoms with Gasteiger partial charge in [0.2, 0.25) is 5.91 Å². The normalized spacial score (nSPS) is 17.3. The Balaban J connectivity index is 1.68. The number of nitrogens with zero attached hydrogens (tertiary/aromatic N) is 4. The molecule has 23 heavy (non-hydrogen) atoms. The first kappa shape index (κ1) is 16.2. The first-order chi connectivity index (χ1) is 11.2. The zero-order valence-corrected chi connectivity index (χ0v) is 14.5. The van der Waals surface area contributed by atoms with Crippen LogP contribution in [0.1, 0.15) is 46.0 Å². The fourth-order valence-corrected chi connectivity index (χ4v) is 4.11. The predicted octanol–water partition coefficient (Wildman–Crippen LogP) is 3.01. The largest absolute Gasteiger partial charge is 0.339 e. The van der Waals surface area contributed by atoms with Crippen molar-refractivity contribution in [1.82, 2.24) is 24.8 Å². The smallest absolute Gasteiger partial charge is 0.236 e. The highest BCUT2D eigenvalue weighted by Gasteiger charge is 2.28. The van der Waals surface area contributed by atoms with Crippen molar-refractivity contribution in [3.05, 3.63) is 12.5 Å². The topological polar surface area (TPSA) is 74.8 Å². The van der Waals surface area contributed by atoms with Crippen LogP contribution in [0.5, 0.6) is 0 Å². The Kier molecular flexibility index (Phi) is 5.15. The van der Waals surface area contributed by atoms with Gasteiger partial charge in [0.15, 0.2) is 10.8 Å². The van der Waals surface area contributed by atoms with E-state index in [1.54, 1.807) is 6.20 Å². The van der Waals surface area contributed by atoms with Crippen LogP contribution in [0.25, 0.3) is 11.2 Å². The molecule has 0 aliphatic heterocycles. The van der Waals surface area contributed by atoms with Gasteiger partial charge in [-0.25, -0.2) is 15.0 Å². The molecule has 1 atom stereocenters. The van der Waals surface area contributed by atoms with Crippen LogP contribution in [0.2, 0.25) is 0 Å². The molecule has 1 aliphatic carbocycles. The summed E-state index contributed by atoms with van der Waals surface area (Å²) in [6.45, 7) is 4.80. The molecule has 1 saturated carbocycles. The van der Waals surface area contributed by atoms with E-state index in [2.05, 4.69) is 31.8 Å². The van der Waals surface area contributed by atoms with E-state index < -0.39 is 0 Å². The van der Waals surface area contributed by atoms with Crippen LogP contribution in [-0.4, -0.2) is 48.6 Å². The van der Waals surface area contributed by atoms with Gasteiger partial charge in [0.25, 0.3) is 0 Å². The van der Waals surface area contributed by atoms with Crippen LogP contribution in [-0.2, 0) is 4.79 Å². The van der Waals surface area contributed by atoms with E-state index >= 15 is 0 Å². The Hall–Kier alpha value is -1.63. The molecule has 0 radical (unpaired) electrons. The number of aromatic amines is 1. The van der Waals surface area contributed by atoms with Crippen molar-refractivity contribution in [3.8, 4) is 0 Å². The third-order valence-electron chi connectivity index (χ3n) is 4.42. The van der Waals surface area contributed by atoms with Crippen molar-refractivity contribution in [3.63, 3.8) is 0 Å². The number of hydrogen-bond donors (Lipinski definition) is 1. The van der Waals surface area contributed by atoms with E-state index in [1.807, 2.05) is 6.92 Å². The summed E-state index contributed by atoms with van der Waals surface area (Å²) in [7, 11) is 0. The average Bonchev–Trinajstić information content (AvgIpc) is 2.98. The Bertz CT molecular complexity index is 634. The molecule has 7 heteroatoms. The lowest BCUT2D eigenvalue weighted by Crippen LogP contribution is -2.44. The molecule has 1 amide bonds. The Morgan fingerprint density at radius 2 is 2.22 bits per heavy atom. The van der Waals surface area contributed by atoms with Crippen molar-refractivity contribution < 1.29 is 4.79 Å². The number of hydrogen-bond acceptors (Lipinski definition) is 5. The quantitative estimate of drug-likeness (QED) is 0.851. The fraction of sp³-hybridized carbons (Fsp3) is 0.625. The molecular formula is C16H23N5OS. The standard InChI is InChI=1S/C16H23N5OS/c1-3-21(12-7-5-4-6-8-12)15(22)11(2)23-16-19-13-9-17-10-18-14(13)20-16/h9-12H,3-8H2,1-2H3,(H,17,18,19,20)/t11-/m0/s1. The van der Waals surface area contributed by atoms with Gasteiger partial charge < -0.3 is 9.88 Å². The third-order valence-corrected chi connectivity index (χ3v) is 5.39. The second-order valence-corrected chi connectivity index (χ2v) is 7.31. The molecule has 2 heterocycles. The number of carbonyl (C=O) groups excluding carboxylic acids is 1. The highest BCUT2D eigenvalue weighted by molar-refractivity contribution is 8.00. The molecule has 0 aromatic carbocycles. The average molecular weight is 333 g/mol. The van der Waals surface area contributed by atoms with Crippen LogP contribution in [0.15, 0.2) is 17.7 Å². The van der Waals surface area contributed by atoms with Crippen LogP contribution >= 0.6 is 11.8 Å². The molecule has 3 rings (SSSR count). The van der Waals surface area contributed by atoms with Gasteiger partial charge >= 0.3 is 0 Å². The minimum Gasteiger partial charge on any atom is -0.339 e. The molecule has 0 spiro atoms. The number of fused-ring (bicyclic) bond motifs is 1. The lowest BCUT2D eigenvalue weighted by atomic mass is 9.94. The summed E-state index contributed by atoms with van der Waals surface area (Å²) in [5, 5.41) is 0.562. The van der Waals surface area contributed by atoms with Crippen molar-refractivity contribution in [2.45, 2.75) is 62.4 Å². The van der Waals surface area contributed by atoms with Gasteiger partial charge in [0.1, 0.15) is 11.8 Å². The highest BCUT2D eigenvalue weighted by Crippen LogP contribution is 2.27. The third kappa shape index (κ3) is 3.65. The summed E-state index contributed by atoms with van der Waals surface area (Å²) in [5.74, 6) is 0.205. The van der Waals surface area contributed by atoms with Crippen LogP contribution < -0.4 is 0 Å². The van der Waals surface area contributed by atoms with Crippen molar-refractivity contribution >= 4 is 28.8 Å². The highest BCUT2D eigenvalue weighted by atomic mass is 32.2. The molecule has 2 aromatic rings. The predicted molar refractivity (Wildman–Crippen MR) is 91.3 cm³/mol. The summed E-state index contributed by atoms with van der Waals surface area (Å²) in [4.78, 5) is 30.6. The first-order valence-electron chi connectivity index (χ1n) is 8.32. The van der Waals surface area contributed by atoms with Gasteiger partial charge in [0, 0.05) is 12.6 Å². The second kappa shape index (κ2) is 7.29. The summed E-state index contributed by atoms with van der Waals surface area (Å²) in [6.07, 6.45) is 9.22. The summed E-state index contributed by atoms with van der Waals surface area (Å²) in [5.41, 5.74) is 1.44. The first-order valence-corrected chi connectivity index (χ1v) is 9.20. The summed E-state index contributed by atoms with van der Waals surface area (Å²) in [6, 6.07) is 0.408. The number of aromatic nitrogens is 4. The number of amides is 1. The van der Waals surface area contributed by atoms with E-state index in [0.717, 1.165) is 30.1 Å². The molecule has 1 N–H and O–H groups in total. The second-order valence-electron chi connectivity index (χ2n) is 5.98. The Morgan fingerprint density at radius 1 is 1.43 bits per heavy atom. The van der Waals surface area contributed by atoms with Crippen LogP contribution in [0, 0.1) is 0 Å². The Morgan fingerprint density at radius 3 is 2.91 bits per heavy atom. The minimum absolute atomic E-state index is 0.162. The van der Waals surface area contributed by atoms with E-state index in [9.17, 15) is 4.79 Å². The monoisotopic (exact) mass is 333 g/mol. The lowest BCUT2D eigenvalue weighted by molar-refractivity contribution is -0.133. The zero-order chi connectivity index (χ0) is 16.2. The van der Waals surface area contributed by atoms with Crippen LogP contribution in [0.4, 0.5) is 0 Å². The lowest BCUT2D eigenvalue weighted by Gasteiger charge is -2.35. The molecule has 1 fully saturated rings. The Labute approximate surface area is 140 Å². The number of thioether (sulfide) groups is 1. The molecule has 2 aromatic heterocycles. The molecule has 124 valence electrons. The van der Waals surface area contributed by atoms with Crippen molar-refractivity contribution in [2.75, 3.05) is 6.54 Å².